The number of halogens is 4. The molecule has 0 bridgehead atoms. The zero-order valence-electron chi connectivity index (χ0n) is 11.3. The van der Waals surface area contributed by atoms with Crippen LogP contribution in [0.1, 0.15) is 16.0 Å². The summed E-state index contributed by atoms with van der Waals surface area (Å²) in [6.07, 6.45) is 0. The van der Waals surface area contributed by atoms with Gasteiger partial charge in [0.15, 0.2) is 0 Å². The van der Waals surface area contributed by atoms with E-state index in [0.717, 1.165) is 15.6 Å². The van der Waals surface area contributed by atoms with Crippen LogP contribution in [0.3, 0.4) is 0 Å². The maximum Gasteiger partial charge on any atom is 0.137 e. The monoisotopic (exact) mass is 480 g/mol. The molecule has 0 spiro atoms. The highest BCUT2D eigenvalue weighted by molar-refractivity contribution is 9.11. The molecule has 2 rings (SSSR count). The molecule has 2 nitrogen and oxygen atoms in total. The Morgan fingerprint density at radius 3 is 2.19 bits per heavy atom. The van der Waals surface area contributed by atoms with Crippen LogP contribution in [0.25, 0.3) is 0 Å². The van der Waals surface area contributed by atoms with Crippen LogP contribution in [-0.2, 0) is 0 Å². The van der Waals surface area contributed by atoms with Crippen LogP contribution in [-0.4, -0.2) is 14.2 Å². The lowest BCUT2D eigenvalue weighted by Crippen LogP contribution is -1.99. The van der Waals surface area contributed by atoms with Crippen molar-refractivity contribution in [3.05, 3.63) is 56.2 Å². The van der Waals surface area contributed by atoms with E-state index in [0.29, 0.717) is 16.0 Å². The van der Waals surface area contributed by atoms with E-state index >= 15 is 0 Å². The van der Waals surface area contributed by atoms with Crippen molar-refractivity contribution >= 4 is 47.8 Å². The molecule has 2 aromatic rings. The van der Waals surface area contributed by atoms with Crippen LogP contribution in [0.4, 0.5) is 4.39 Å². The fourth-order valence-corrected chi connectivity index (χ4v) is 3.46. The molecule has 21 heavy (non-hydrogen) atoms. The number of methoxy groups -OCH3 is 2. The van der Waals surface area contributed by atoms with Crippen molar-refractivity contribution < 1.29 is 13.9 Å². The zero-order valence-corrected chi connectivity index (χ0v) is 16.1. The fourth-order valence-electron chi connectivity index (χ4n) is 1.93. The van der Waals surface area contributed by atoms with Gasteiger partial charge in [0, 0.05) is 5.56 Å². The van der Waals surface area contributed by atoms with Gasteiger partial charge in [-0.3, -0.25) is 0 Å². The van der Waals surface area contributed by atoms with Gasteiger partial charge < -0.3 is 9.47 Å². The topological polar surface area (TPSA) is 18.5 Å². The normalized spacial score (nSPS) is 12.1. The Labute approximate surface area is 148 Å². The van der Waals surface area contributed by atoms with E-state index < -0.39 is 0 Å². The summed E-state index contributed by atoms with van der Waals surface area (Å²) in [4.78, 5) is -0.147. The number of hydrogen-bond acceptors (Lipinski definition) is 2. The Balaban J connectivity index is 2.50. The minimum absolute atomic E-state index is 0.147. The van der Waals surface area contributed by atoms with E-state index in [1.807, 2.05) is 12.1 Å². The molecule has 0 saturated carbocycles. The van der Waals surface area contributed by atoms with E-state index in [-0.39, 0.29) is 10.6 Å². The van der Waals surface area contributed by atoms with Crippen molar-refractivity contribution in [1.29, 1.82) is 0 Å². The van der Waals surface area contributed by atoms with E-state index in [1.54, 1.807) is 26.4 Å². The van der Waals surface area contributed by atoms with Crippen LogP contribution in [0, 0.1) is 5.82 Å². The van der Waals surface area contributed by atoms with Crippen LogP contribution < -0.4 is 9.47 Å². The average molecular weight is 483 g/mol. The van der Waals surface area contributed by atoms with Crippen LogP contribution in [0.5, 0.6) is 11.5 Å². The maximum absolute atomic E-state index is 13.4. The summed E-state index contributed by atoms with van der Waals surface area (Å²) in [5.74, 6) is 1.13. The second-order valence-corrected chi connectivity index (χ2v) is 6.89. The van der Waals surface area contributed by atoms with Gasteiger partial charge >= 0.3 is 0 Å². The lowest BCUT2D eigenvalue weighted by Gasteiger charge is -2.17. The molecule has 0 saturated heterocycles. The third kappa shape index (κ3) is 3.60. The second kappa shape index (κ2) is 7.11. The third-order valence-corrected chi connectivity index (χ3v) is 5.26. The fraction of sp³-hybridized carbons (Fsp3) is 0.200. The standard InChI is InChI=1S/C15H12Br3FO2/c1-20-13-7-11(17)14(21-2)6-9(13)15(18)8-3-4-12(19)10(16)5-8/h3-7,15H,1-2H3. The molecule has 0 heterocycles. The van der Waals surface area contributed by atoms with Gasteiger partial charge in [0.05, 0.1) is 28.0 Å². The molecule has 6 heteroatoms. The summed E-state index contributed by atoms with van der Waals surface area (Å²) in [6.45, 7) is 0. The van der Waals surface area contributed by atoms with Gasteiger partial charge in [-0.25, -0.2) is 4.39 Å². The molecule has 0 aliphatic carbocycles. The average Bonchev–Trinajstić information content (AvgIpc) is 2.49. The smallest absolute Gasteiger partial charge is 0.137 e. The van der Waals surface area contributed by atoms with Gasteiger partial charge in [0.2, 0.25) is 0 Å². The number of hydrogen-bond donors (Lipinski definition) is 0. The second-order valence-electron chi connectivity index (χ2n) is 4.26. The molecule has 0 aromatic heterocycles. The number of alkyl halides is 1. The van der Waals surface area contributed by atoms with Gasteiger partial charge in [-0.15, -0.1) is 0 Å². The van der Waals surface area contributed by atoms with Crippen molar-refractivity contribution in [3.8, 4) is 11.5 Å². The van der Waals surface area contributed by atoms with Gasteiger partial charge in [-0.2, -0.15) is 0 Å². The summed E-state index contributed by atoms with van der Waals surface area (Å²) in [7, 11) is 3.21. The predicted octanol–water partition coefficient (Wildman–Crippen LogP) is 5.85. The van der Waals surface area contributed by atoms with Crippen molar-refractivity contribution in [2.45, 2.75) is 4.83 Å². The molecule has 0 aliphatic heterocycles. The largest absolute Gasteiger partial charge is 0.496 e. The molecule has 0 radical (unpaired) electrons. The van der Waals surface area contributed by atoms with Gasteiger partial charge in [-0.05, 0) is 61.7 Å². The van der Waals surface area contributed by atoms with Gasteiger partial charge in [-0.1, -0.05) is 22.0 Å². The molecular formula is C15H12Br3FO2. The highest BCUT2D eigenvalue weighted by Gasteiger charge is 2.19. The van der Waals surface area contributed by atoms with Crippen molar-refractivity contribution in [3.63, 3.8) is 0 Å². The van der Waals surface area contributed by atoms with Crippen molar-refractivity contribution in [2.24, 2.45) is 0 Å². The van der Waals surface area contributed by atoms with E-state index in [1.165, 1.54) is 6.07 Å². The lowest BCUT2D eigenvalue weighted by molar-refractivity contribution is 0.397. The minimum atomic E-state index is -0.293. The first kappa shape index (κ1) is 16.8. The first-order chi connectivity index (χ1) is 9.97. The third-order valence-electron chi connectivity index (χ3n) is 3.01. The molecule has 0 amide bonds. The Morgan fingerprint density at radius 1 is 0.952 bits per heavy atom. The zero-order chi connectivity index (χ0) is 15.6. The van der Waals surface area contributed by atoms with Gasteiger partial charge in [0.1, 0.15) is 17.3 Å². The van der Waals surface area contributed by atoms with Crippen LogP contribution >= 0.6 is 47.8 Å². The Hall–Kier alpha value is -0.590. The SMILES string of the molecule is COc1cc(C(Br)c2ccc(F)c(Br)c2)c(OC)cc1Br. The summed E-state index contributed by atoms with van der Waals surface area (Å²) in [5.41, 5.74) is 1.81. The molecule has 0 fully saturated rings. The lowest BCUT2D eigenvalue weighted by atomic mass is 10.0. The first-order valence-electron chi connectivity index (χ1n) is 5.98. The van der Waals surface area contributed by atoms with Gasteiger partial charge in [0.25, 0.3) is 0 Å². The predicted molar refractivity (Wildman–Crippen MR) is 92.1 cm³/mol. The quantitative estimate of drug-likeness (QED) is 0.509. The first-order valence-corrected chi connectivity index (χ1v) is 8.48. The Bertz CT molecular complexity index is 662. The Kier molecular flexibility index (Phi) is 5.68. The van der Waals surface area contributed by atoms with Crippen LogP contribution in [0.15, 0.2) is 39.3 Å². The summed E-state index contributed by atoms with van der Waals surface area (Å²) in [5, 5.41) is 0. The summed E-state index contributed by atoms with van der Waals surface area (Å²) >= 11 is 10.3. The molecular weight excluding hydrogens is 471 g/mol. The molecule has 1 atom stereocenters. The Morgan fingerprint density at radius 2 is 1.62 bits per heavy atom. The van der Waals surface area contributed by atoms with Crippen molar-refractivity contribution in [2.75, 3.05) is 14.2 Å². The number of benzene rings is 2. The van der Waals surface area contributed by atoms with Crippen molar-refractivity contribution in [1.82, 2.24) is 0 Å². The van der Waals surface area contributed by atoms with Crippen LogP contribution in [0.2, 0.25) is 0 Å². The summed E-state index contributed by atoms with van der Waals surface area (Å²) < 4.78 is 25.3. The maximum atomic E-state index is 13.4. The number of rotatable bonds is 4. The molecule has 0 N–H and O–H groups in total. The highest BCUT2D eigenvalue weighted by Crippen LogP contribution is 2.42. The van der Waals surface area contributed by atoms with E-state index in [4.69, 9.17) is 9.47 Å². The van der Waals surface area contributed by atoms with E-state index in [9.17, 15) is 4.39 Å². The summed E-state index contributed by atoms with van der Waals surface area (Å²) in [6, 6.07) is 8.63. The molecule has 2 aromatic carbocycles. The molecule has 1 unspecified atom stereocenters. The molecule has 0 aliphatic rings. The minimum Gasteiger partial charge on any atom is -0.496 e. The van der Waals surface area contributed by atoms with E-state index in [2.05, 4.69) is 47.8 Å². The molecule has 112 valence electrons. The number of ether oxygens (including phenoxy) is 2. The highest BCUT2D eigenvalue weighted by atomic mass is 79.9.